The second-order valence-electron chi connectivity index (χ2n) is 11.2. The van der Waals surface area contributed by atoms with Crippen LogP contribution in [0.2, 0.25) is 0 Å². The maximum atomic E-state index is 9.30. The van der Waals surface area contributed by atoms with Crippen molar-refractivity contribution in [3.63, 3.8) is 0 Å². The molecule has 4 heterocycles. The van der Waals surface area contributed by atoms with Gasteiger partial charge in [0, 0.05) is 48.5 Å². The molecule has 2 aromatic rings. The molecule has 6 rings (SSSR count). The predicted octanol–water partition coefficient (Wildman–Crippen LogP) is 4.29. The van der Waals surface area contributed by atoms with Crippen molar-refractivity contribution < 1.29 is 9.47 Å². The van der Waals surface area contributed by atoms with Gasteiger partial charge in [-0.15, -0.1) is 0 Å². The van der Waals surface area contributed by atoms with Gasteiger partial charge in [0.05, 0.1) is 18.4 Å². The number of ether oxygens (including phenoxy) is 2. The first-order valence-electron chi connectivity index (χ1n) is 13.7. The van der Waals surface area contributed by atoms with Crippen LogP contribution in [0, 0.1) is 17.2 Å². The lowest BCUT2D eigenvalue weighted by molar-refractivity contribution is 0.183. The van der Waals surface area contributed by atoms with Crippen molar-refractivity contribution in [1.29, 1.82) is 5.26 Å². The maximum Gasteiger partial charge on any atom is 0.318 e. The summed E-state index contributed by atoms with van der Waals surface area (Å²) in [5.74, 6) is 2.48. The number of likely N-dealkylation sites (tertiary alicyclic amines) is 1. The minimum atomic E-state index is 0.0572. The number of benzene rings is 1. The molecule has 0 saturated carbocycles. The number of anilines is 1. The topological polar surface area (TPSA) is 74.5 Å². The van der Waals surface area contributed by atoms with E-state index in [9.17, 15) is 5.26 Å². The number of piperidine rings is 1. The molecule has 0 bridgehead atoms. The summed E-state index contributed by atoms with van der Waals surface area (Å²) in [7, 11) is 2.18. The van der Waals surface area contributed by atoms with E-state index in [1.54, 1.807) is 0 Å². The summed E-state index contributed by atoms with van der Waals surface area (Å²) in [6.45, 7) is 4.39. The van der Waals surface area contributed by atoms with Gasteiger partial charge >= 0.3 is 6.01 Å². The molecule has 2 saturated heterocycles. The van der Waals surface area contributed by atoms with Gasteiger partial charge in [-0.3, -0.25) is 0 Å². The summed E-state index contributed by atoms with van der Waals surface area (Å²) in [5.41, 5.74) is 3.80. The van der Waals surface area contributed by atoms with E-state index < -0.39 is 0 Å². The Morgan fingerprint density at radius 2 is 2.06 bits per heavy atom. The summed E-state index contributed by atoms with van der Waals surface area (Å²) in [5, 5.41) is 9.30. The number of hydrogen-bond donors (Lipinski definition) is 0. The molecule has 1 aromatic heterocycles. The van der Waals surface area contributed by atoms with E-state index in [1.807, 2.05) is 0 Å². The molecule has 1 spiro atoms. The van der Waals surface area contributed by atoms with E-state index in [1.165, 1.54) is 17.5 Å². The molecule has 190 valence electrons. The average Bonchev–Trinajstić information content (AvgIpc) is 3.32. The van der Waals surface area contributed by atoms with Gasteiger partial charge in [-0.05, 0) is 70.5 Å². The molecule has 2 fully saturated rings. The summed E-state index contributed by atoms with van der Waals surface area (Å²) in [6, 6.07) is 11.9. The number of nitriles is 1. The normalized spacial score (nSPS) is 27.7. The fourth-order valence-electron chi connectivity index (χ4n) is 6.88. The van der Waals surface area contributed by atoms with Crippen molar-refractivity contribution in [2.45, 2.75) is 69.2 Å². The molecule has 36 heavy (non-hydrogen) atoms. The first kappa shape index (κ1) is 23.5. The highest BCUT2D eigenvalue weighted by molar-refractivity contribution is 5.54. The second-order valence-corrected chi connectivity index (χ2v) is 11.2. The number of rotatable bonds is 5. The Labute approximate surface area is 214 Å². The van der Waals surface area contributed by atoms with E-state index in [-0.39, 0.29) is 5.41 Å². The Morgan fingerprint density at radius 3 is 2.92 bits per heavy atom. The van der Waals surface area contributed by atoms with Gasteiger partial charge in [0.2, 0.25) is 0 Å². The molecular formula is C29H37N5O2. The molecule has 0 amide bonds. The molecule has 1 aromatic carbocycles. The van der Waals surface area contributed by atoms with E-state index in [0.717, 1.165) is 88.4 Å². The lowest BCUT2D eigenvalue weighted by atomic mass is 9.66. The quantitative estimate of drug-likeness (QED) is 0.623. The SMILES string of the molecule is CN1CCC[C@H]1COc1nc2c(c(N3CCC[C@@H](CC#N)C3)n1)CCC1(CCOc3ccccc31)C2. The number of hydrogen-bond acceptors (Lipinski definition) is 7. The fourth-order valence-corrected chi connectivity index (χ4v) is 6.88. The van der Waals surface area contributed by atoms with Gasteiger partial charge in [-0.25, -0.2) is 0 Å². The third-order valence-corrected chi connectivity index (χ3v) is 8.98. The van der Waals surface area contributed by atoms with Crippen LogP contribution in [0.5, 0.6) is 11.8 Å². The summed E-state index contributed by atoms with van der Waals surface area (Å²) < 4.78 is 12.3. The Morgan fingerprint density at radius 1 is 1.17 bits per heavy atom. The van der Waals surface area contributed by atoms with E-state index in [2.05, 4.69) is 47.2 Å². The van der Waals surface area contributed by atoms with Crippen LogP contribution in [0.15, 0.2) is 24.3 Å². The molecule has 0 radical (unpaired) electrons. The Bertz CT molecular complexity index is 1150. The molecule has 7 nitrogen and oxygen atoms in total. The largest absolute Gasteiger partial charge is 0.493 e. The van der Waals surface area contributed by atoms with Crippen LogP contribution in [0.3, 0.4) is 0 Å². The van der Waals surface area contributed by atoms with Gasteiger partial charge in [0.15, 0.2) is 0 Å². The maximum absolute atomic E-state index is 9.30. The second kappa shape index (κ2) is 9.89. The molecule has 1 unspecified atom stereocenters. The van der Waals surface area contributed by atoms with Gasteiger partial charge in [-0.2, -0.15) is 15.2 Å². The summed E-state index contributed by atoms with van der Waals surface area (Å²) in [6.07, 6.45) is 9.17. The van der Waals surface area contributed by atoms with Gasteiger partial charge in [-0.1, -0.05) is 18.2 Å². The third-order valence-electron chi connectivity index (χ3n) is 8.98. The lowest BCUT2D eigenvalue weighted by Gasteiger charge is -2.43. The minimum absolute atomic E-state index is 0.0572. The number of aromatic nitrogens is 2. The predicted molar refractivity (Wildman–Crippen MR) is 139 cm³/mol. The van der Waals surface area contributed by atoms with E-state index in [4.69, 9.17) is 19.4 Å². The lowest BCUT2D eigenvalue weighted by Crippen LogP contribution is -2.41. The van der Waals surface area contributed by atoms with E-state index >= 15 is 0 Å². The van der Waals surface area contributed by atoms with Gasteiger partial charge < -0.3 is 19.3 Å². The Balaban J connectivity index is 1.34. The molecular weight excluding hydrogens is 450 g/mol. The number of fused-ring (bicyclic) bond motifs is 3. The Kier molecular flexibility index (Phi) is 6.47. The standard InChI is InChI=1S/C29H37N5O2/c1-33-15-5-7-22(33)20-36-28-31-25-18-29(13-17-35-26-9-3-2-8-24(26)29)12-10-23(25)27(32-28)34-16-4-6-21(19-34)11-14-30/h2-3,8-9,21-22H,4-7,10-13,15-20H2,1H3/t21-,22-,29?/m0/s1. The van der Waals surface area contributed by atoms with Gasteiger partial charge in [0.25, 0.3) is 0 Å². The zero-order valence-corrected chi connectivity index (χ0v) is 21.4. The zero-order chi connectivity index (χ0) is 24.5. The van der Waals surface area contributed by atoms with Crippen LogP contribution < -0.4 is 14.4 Å². The number of para-hydroxylation sites is 1. The molecule has 0 N–H and O–H groups in total. The first-order valence-corrected chi connectivity index (χ1v) is 13.7. The van der Waals surface area contributed by atoms with E-state index in [0.29, 0.717) is 31.0 Å². The molecule has 4 aliphatic rings. The van der Waals surface area contributed by atoms with Crippen LogP contribution in [0.1, 0.15) is 61.8 Å². The summed E-state index contributed by atoms with van der Waals surface area (Å²) in [4.78, 5) is 14.9. The van der Waals surface area contributed by atoms with Crippen LogP contribution in [0.25, 0.3) is 0 Å². The molecule has 7 heteroatoms. The van der Waals surface area contributed by atoms with Crippen molar-refractivity contribution in [3.05, 3.63) is 41.1 Å². The highest BCUT2D eigenvalue weighted by Crippen LogP contribution is 2.48. The van der Waals surface area contributed by atoms with Crippen molar-refractivity contribution in [3.8, 4) is 17.8 Å². The van der Waals surface area contributed by atoms with Gasteiger partial charge in [0.1, 0.15) is 18.2 Å². The molecule has 3 aliphatic heterocycles. The average molecular weight is 488 g/mol. The number of nitrogens with zero attached hydrogens (tertiary/aromatic N) is 5. The third kappa shape index (κ3) is 4.41. The molecule has 3 atom stereocenters. The zero-order valence-electron chi connectivity index (χ0n) is 21.4. The first-order chi connectivity index (χ1) is 17.6. The van der Waals surface area contributed by atoms with Crippen LogP contribution in [0.4, 0.5) is 5.82 Å². The highest BCUT2D eigenvalue weighted by atomic mass is 16.5. The minimum Gasteiger partial charge on any atom is -0.493 e. The number of likely N-dealkylation sites (N-methyl/N-ethyl adjacent to an activating group) is 1. The van der Waals surface area contributed by atoms with Crippen molar-refractivity contribution in [2.75, 3.05) is 44.8 Å². The van der Waals surface area contributed by atoms with Crippen LogP contribution in [-0.2, 0) is 18.3 Å². The Hall–Kier alpha value is -2.85. The summed E-state index contributed by atoms with van der Waals surface area (Å²) >= 11 is 0. The highest BCUT2D eigenvalue weighted by Gasteiger charge is 2.42. The van der Waals surface area contributed by atoms with Crippen LogP contribution in [-0.4, -0.2) is 60.8 Å². The van der Waals surface area contributed by atoms with Crippen molar-refractivity contribution in [2.24, 2.45) is 5.92 Å². The molecule has 1 aliphatic carbocycles. The fraction of sp³-hybridized carbons (Fsp3) is 0.621. The van der Waals surface area contributed by atoms with Crippen molar-refractivity contribution in [1.82, 2.24) is 14.9 Å². The van der Waals surface area contributed by atoms with Crippen LogP contribution >= 0.6 is 0 Å². The smallest absolute Gasteiger partial charge is 0.318 e. The monoisotopic (exact) mass is 487 g/mol. The van der Waals surface area contributed by atoms with Crippen molar-refractivity contribution >= 4 is 5.82 Å².